The molecule has 2 aromatic heterocycles. The van der Waals surface area contributed by atoms with Gasteiger partial charge in [0.05, 0.1) is 18.1 Å². The van der Waals surface area contributed by atoms with Crippen molar-refractivity contribution < 1.29 is 14.3 Å². The summed E-state index contributed by atoms with van der Waals surface area (Å²) in [7, 11) is 1.56. The maximum absolute atomic E-state index is 12.1. The van der Waals surface area contributed by atoms with Gasteiger partial charge in [-0.2, -0.15) is 10.2 Å². The van der Waals surface area contributed by atoms with Crippen molar-refractivity contribution in [1.82, 2.24) is 19.6 Å². The second-order valence-corrected chi connectivity index (χ2v) is 5.55. The van der Waals surface area contributed by atoms with Gasteiger partial charge in [-0.25, -0.2) is 9.36 Å². The van der Waals surface area contributed by atoms with Crippen LogP contribution in [0.4, 0.5) is 5.69 Å². The summed E-state index contributed by atoms with van der Waals surface area (Å²) in [5, 5.41) is 11.6. The number of ether oxygens (including phenoxy) is 2. The summed E-state index contributed by atoms with van der Waals surface area (Å²) in [5.74, 6) is 0.308. The summed E-state index contributed by atoms with van der Waals surface area (Å²) in [6.45, 7) is 0.477. The van der Waals surface area contributed by atoms with Crippen LogP contribution in [-0.2, 0) is 18.2 Å². The Labute approximate surface area is 148 Å². The number of benzene rings is 1. The van der Waals surface area contributed by atoms with Crippen molar-refractivity contribution in [3.63, 3.8) is 0 Å². The molecule has 2 heterocycles. The van der Waals surface area contributed by atoms with Crippen molar-refractivity contribution in [2.45, 2.75) is 13.5 Å². The maximum Gasteiger partial charge on any atom is 0.276 e. The maximum atomic E-state index is 12.1. The molecule has 1 N–H and O–H groups in total. The van der Waals surface area contributed by atoms with Crippen molar-refractivity contribution in [3.8, 4) is 5.75 Å². The van der Waals surface area contributed by atoms with Gasteiger partial charge in [0.25, 0.3) is 5.91 Å². The average Bonchev–Trinajstić information content (AvgIpc) is 3.23. The number of amides is 1. The van der Waals surface area contributed by atoms with E-state index < -0.39 is 0 Å². The number of nitrogens with one attached hydrogen (secondary N) is 1. The van der Waals surface area contributed by atoms with Gasteiger partial charge in [-0.15, -0.1) is 0 Å². The lowest BCUT2D eigenvalue weighted by Crippen LogP contribution is -2.13. The second kappa shape index (κ2) is 7.82. The highest BCUT2D eigenvalue weighted by atomic mass is 35.5. The van der Waals surface area contributed by atoms with Crippen molar-refractivity contribution in [3.05, 3.63) is 59.6 Å². The molecular formula is C16H16ClN5O3. The molecule has 0 radical (unpaired) electrons. The van der Waals surface area contributed by atoms with Gasteiger partial charge < -0.3 is 14.8 Å². The van der Waals surface area contributed by atoms with Crippen molar-refractivity contribution in [2.24, 2.45) is 0 Å². The number of anilines is 1. The van der Waals surface area contributed by atoms with Gasteiger partial charge in [0, 0.05) is 18.3 Å². The molecule has 3 rings (SSSR count). The largest absolute Gasteiger partial charge is 0.471 e. The zero-order valence-electron chi connectivity index (χ0n) is 13.4. The van der Waals surface area contributed by atoms with Gasteiger partial charge in [-0.1, -0.05) is 17.7 Å². The molecule has 0 aliphatic heterocycles. The first-order valence-corrected chi connectivity index (χ1v) is 7.76. The van der Waals surface area contributed by atoms with E-state index in [2.05, 4.69) is 15.5 Å². The molecule has 3 aromatic rings. The molecule has 9 heteroatoms. The smallest absolute Gasteiger partial charge is 0.276 e. The number of rotatable bonds is 7. The van der Waals surface area contributed by atoms with Gasteiger partial charge in [0.2, 0.25) is 0 Å². The van der Waals surface area contributed by atoms with Crippen LogP contribution in [0.25, 0.3) is 0 Å². The summed E-state index contributed by atoms with van der Waals surface area (Å²) in [4.78, 5) is 12.1. The average molecular weight is 362 g/mol. The summed E-state index contributed by atoms with van der Waals surface area (Å²) in [5.41, 5.74) is 0.834. The molecule has 0 aliphatic carbocycles. The van der Waals surface area contributed by atoms with Crippen molar-refractivity contribution in [1.29, 1.82) is 0 Å². The fraction of sp³-hybridized carbons (Fsp3) is 0.188. The Morgan fingerprint density at radius 2 is 2.16 bits per heavy atom. The summed E-state index contributed by atoms with van der Waals surface area (Å²) >= 11 is 5.90. The number of halogens is 1. The van der Waals surface area contributed by atoms with Gasteiger partial charge in [-0.05, 0) is 24.3 Å². The van der Waals surface area contributed by atoms with Crippen LogP contribution < -0.4 is 10.1 Å². The van der Waals surface area contributed by atoms with Crippen LogP contribution in [0.1, 0.15) is 10.5 Å². The van der Waals surface area contributed by atoms with E-state index in [0.29, 0.717) is 22.2 Å². The Balaban J connectivity index is 1.56. The molecule has 1 amide bonds. The highest BCUT2D eigenvalue weighted by Crippen LogP contribution is 2.17. The molecule has 0 unspecified atom stereocenters. The highest BCUT2D eigenvalue weighted by molar-refractivity contribution is 6.30. The van der Waals surface area contributed by atoms with E-state index >= 15 is 0 Å². The topological polar surface area (TPSA) is 83.2 Å². The van der Waals surface area contributed by atoms with Gasteiger partial charge >= 0.3 is 0 Å². The Morgan fingerprint density at radius 1 is 1.28 bits per heavy atom. The lowest BCUT2D eigenvalue weighted by molar-refractivity contribution is 0.101. The fourth-order valence-corrected chi connectivity index (χ4v) is 2.26. The van der Waals surface area contributed by atoms with Gasteiger partial charge in [0.15, 0.2) is 12.4 Å². The van der Waals surface area contributed by atoms with Crippen LogP contribution in [0, 0.1) is 0 Å². The molecule has 130 valence electrons. The minimum Gasteiger partial charge on any atom is -0.471 e. The normalized spacial score (nSPS) is 10.6. The Morgan fingerprint density at radius 3 is 2.96 bits per heavy atom. The van der Waals surface area contributed by atoms with E-state index in [1.165, 1.54) is 10.9 Å². The molecule has 0 fully saturated rings. The number of carbonyl (C=O) groups excluding carboxylic acids is 1. The summed E-state index contributed by atoms with van der Waals surface area (Å²) < 4.78 is 13.6. The van der Waals surface area contributed by atoms with Crippen LogP contribution in [0.15, 0.2) is 48.9 Å². The van der Waals surface area contributed by atoms with E-state index in [9.17, 15) is 4.79 Å². The van der Waals surface area contributed by atoms with E-state index in [4.69, 9.17) is 21.1 Å². The first-order chi connectivity index (χ1) is 12.1. The van der Waals surface area contributed by atoms with E-state index in [1.807, 2.05) is 0 Å². The number of carbonyl (C=O) groups is 1. The van der Waals surface area contributed by atoms with Crippen LogP contribution in [-0.4, -0.2) is 32.6 Å². The molecule has 8 nitrogen and oxygen atoms in total. The molecule has 0 spiro atoms. The van der Waals surface area contributed by atoms with E-state index in [-0.39, 0.29) is 19.4 Å². The number of hydrogen-bond acceptors (Lipinski definition) is 5. The Hall–Kier alpha value is -2.84. The second-order valence-electron chi connectivity index (χ2n) is 5.11. The third-order valence-electron chi connectivity index (χ3n) is 3.19. The number of hydrogen-bond donors (Lipinski definition) is 1. The summed E-state index contributed by atoms with van der Waals surface area (Å²) in [6, 6.07) is 8.69. The van der Waals surface area contributed by atoms with Crippen LogP contribution in [0.5, 0.6) is 5.75 Å². The number of nitrogens with zero attached hydrogens (tertiary/aromatic N) is 4. The SMILES string of the molecule is COCn1ccc(C(=O)Nc2cnn(COc3cccc(Cl)c3)c2)n1. The molecule has 25 heavy (non-hydrogen) atoms. The number of aromatic nitrogens is 4. The molecular weight excluding hydrogens is 346 g/mol. The lowest BCUT2D eigenvalue weighted by atomic mass is 10.3. The molecule has 1 aromatic carbocycles. The third-order valence-corrected chi connectivity index (χ3v) is 3.42. The number of methoxy groups -OCH3 is 1. The lowest BCUT2D eigenvalue weighted by Gasteiger charge is -2.06. The standard InChI is InChI=1S/C16H16ClN5O3/c1-24-10-21-6-5-15(20-21)16(23)19-13-8-18-22(9-13)11-25-14-4-2-3-12(17)7-14/h2-9H,10-11H2,1H3,(H,19,23). The van der Waals surface area contributed by atoms with Crippen LogP contribution in [0.2, 0.25) is 5.02 Å². The Kier molecular flexibility index (Phi) is 5.32. The molecule has 0 saturated carbocycles. The third kappa shape index (κ3) is 4.59. The minimum absolute atomic E-state index is 0.193. The predicted molar refractivity (Wildman–Crippen MR) is 91.5 cm³/mol. The van der Waals surface area contributed by atoms with Crippen LogP contribution >= 0.6 is 11.6 Å². The zero-order chi connectivity index (χ0) is 17.6. The van der Waals surface area contributed by atoms with Gasteiger partial charge in [-0.3, -0.25) is 4.79 Å². The predicted octanol–water partition coefficient (Wildman–Crippen LogP) is 2.63. The minimum atomic E-state index is -0.329. The highest BCUT2D eigenvalue weighted by Gasteiger charge is 2.11. The monoisotopic (exact) mass is 361 g/mol. The van der Waals surface area contributed by atoms with Crippen LogP contribution in [0.3, 0.4) is 0 Å². The van der Waals surface area contributed by atoms with Gasteiger partial charge in [0.1, 0.15) is 12.5 Å². The van der Waals surface area contributed by atoms with Crippen molar-refractivity contribution >= 4 is 23.2 Å². The first-order valence-electron chi connectivity index (χ1n) is 7.38. The fourth-order valence-electron chi connectivity index (χ4n) is 2.08. The first kappa shape index (κ1) is 17.0. The summed E-state index contributed by atoms with van der Waals surface area (Å²) in [6.07, 6.45) is 4.86. The van der Waals surface area contributed by atoms with E-state index in [1.54, 1.807) is 54.5 Å². The molecule has 0 aliphatic rings. The van der Waals surface area contributed by atoms with Crippen molar-refractivity contribution in [2.75, 3.05) is 12.4 Å². The Bertz CT molecular complexity index is 861. The molecule has 0 atom stereocenters. The zero-order valence-corrected chi connectivity index (χ0v) is 14.2. The van der Waals surface area contributed by atoms with E-state index in [0.717, 1.165) is 0 Å². The molecule has 0 saturated heterocycles. The quantitative estimate of drug-likeness (QED) is 0.699. The molecule has 0 bridgehead atoms.